The smallest absolute Gasteiger partial charge is 0.356 e. The SMILES string of the molecule is COC(=O)c1[nH][nH]c(=O)c(=O)c1C(=O)c1ccc(Cl)cc1. The van der Waals surface area contributed by atoms with Gasteiger partial charge in [-0.15, -0.1) is 0 Å². The third-order valence-corrected chi connectivity index (χ3v) is 2.96. The molecule has 7 nitrogen and oxygen atoms in total. The molecular formula is C13H9ClN2O5. The summed E-state index contributed by atoms with van der Waals surface area (Å²) in [7, 11) is 1.09. The average molecular weight is 309 g/mol. The van der Waals surface area contributed by atoms with Crippen LogP contribution in [0.4, 0.5) is 0 Å². The van der Waals surface area contributed by atoms with E-state index >= 15 is 0 Å². The van der Waals surface area contributed by atoms with Gasteiger partial charge in [0.1, 0.15) is 5.56 Å². The molecule has 0 saturated carbocycles. The Balaban J connectivity index is 2.67. The van der Waals surface area contributed by atoms with Gasteiger partial charge in [0, 0.05) is 10.6 Å². The Bertz CT molecular complexity index is 820. The number of ketones is 1. The van der Waals surface area contributed by atoms with Gasteiger partial charge in [-0.1, -0.05) is 11.6 Å². The number of halogens is 1. The highest BCUT2D eigenvalue weighted by Gasteiger charge is 2.24. The number of nitrogens with one attached hydrogen (secondary N) is 2. The number of benzene rings is 1. The van der Waals surface area contributed by atoms with Gasteiger partial charge in [-0.2, -0.15) is 0 Å². The van der Waals surface area contributed by atoms with Crippen LogP contribution in [0.5, 0.6) is 0 Å². The van der Waals surface area contributed by atoms with E-state index in [1.807, 2.05) is 5.10 Å². The quantitative estimate of drug-likeness (QED) is 0.493. The van der Waals surface area contributed by atoms with Gasteiger partial charge in [0.15, 0.2) is 11.5 Å². The summed E-state index contributed by atoms with van der Waals surface area (Å²) in [5, 5.41) is 4.57. The second-order valence-electron chi connectivity index (χ2n) is 3.99. The number of carbonyl (C=O) groups is 2. The van der Waals surface area contributed by atoms with Gasteiger partial charge < -0.3 is 4.74 Å². The molecule has 1 heterocycles. The Kier molecular flexibility index (Phi) is 4.04. The summed E-state index contributed by atoms with van der Waals surface area (Å²) in [4.78, 5) is 47.2. The van der Waals surface area contributed by atoms with Crippen molar-refractivity contribution in [2.45, 2.75) is 0 Å². The van der Waals surface area contributed by atoms with Crippen LogP contribution in [0, 0.1) is 0 Å². The first-order chi connectivity index (χ1) is 9.95. The summed E-state index contributed by atoms with van der Waals surface area (Å²) >= 11 is 5.71. The molecule has 0 spiro atoms. The first kappa shape index (κ1) is 14.7. The Hall–Kier alpha value is -2.67. The monoisotopic (exact) mass is 308 g/mol. The maximum atomic E-state index is 12.3. The molecular weight excluding hydrogens is 300 g/mol. The van der Waals surface area contributed by atoms with Crippen LogP contribution in [-0.2, 0) is 4.74 Å². The number of methoxy groups -OCH3 is 1. The van der Waals surface area contributed by atoms with Crippen molar-refractivity contribution < 1.29 is 14.3 Å². The van der Waals surface area contributed by atoms with Gasteiger partial charge in [-0.05, 0) is 24.3 Å². The van der Waals surface area contributed by atoms with Crippen LogP contribution in [0.15, 0.2) is 33.9 Å². The first-order valence-corrected chi connectivity index (χ1v) is 6.07. The molecule has 0 aliphatic rings. The van der Waals surface area contributed by atoms with Gasteiger partial charge in [-0.3, -0.25) is 24.6 Å². The molecule has 1 aromatic carbocycles. The Labute approximate surface area is 122 Å². The van der Waals surface area contributed by atoms with E-state index < -0.39 is 34.0 Å². The van der Waals surface area contributed by atoms with Crippen molar-refractivity contribution in [3.8, 4) is 0 Å². The molecule has 0 aliphatic heterocycles. The highest BCUT2D eigenvalue weighted by molar-refractivity contribution is 6.30. The zero-order valence-electron chi connectivity index (χ0n) is 10.7. The van der Waals surface area contributed by atoms with E-state index in [1.54, 1.807) is 0 Å². The summed E-state index contributed by atoms with van der Waals surface area (Å²) < 4.78 is 4.47. The van der Waals surface area contributed by atoms with Gasteiger partial charge >= 0.3 is 11.5 Å². The predicted octanol–water partition coefficient (Wildman–Crippen LogP) is 0.734. The lowest BCUT2D eigenvalue weighted by Crippen LogP contribution is -2.36. The average Bonchev–Trinajstić information content (AvgIpc) is 2.49. The number of esters is 1. The van der Waals surface area contributed by atoms with Crippen molar-refractivity contribution in [3.05, 3.63) is 66.7 Å². The zero-order valence-corrected chi connectivity index (χ0v) is 11.5. The maximum absolute atomic E-state index is 12.3. The van der Waals surface area contributed by atoms with E-state index in [2.05, 4.69) is 9.84 Å². The molecule has 2 rings (SSSR count). The number of H-pyrrole nitrogens is 2. The second kappa shape index (κ2) is 5.76. The van der Waals surface area contributed by atoms with E-state index in [0.29, 0.717) is 5.02 Å². The molecule has 0 radical (unpaired) electrons. The Morgan fingerprint density at radius 1 is 1.10 bits per heavy atom. The van der Waals surface area contributed by atoms with E-state index in [9.17, 15) is 19.2 Å². The first-order valence-electron chi connectivity index (χ1n) is 5.69. The molecule has 0 amide bonds. The van der Waals surface area contributed by atoms with Crippen molar-refractivity contribution in [1.82, 2.24) is 10.2 Å². The van der Waals surface area contributed by atoms with Crippen LogP contribution in [0.3, 0.4) is 0 Å². The lowest BCUT2D eigenvalue weighted by Gasteiger charge is -2.06. The molecule has 0 atom stereocenters. The normalized spacial score (nSPS) is 10.2. The van der Waals surface area contributed by atoms with Gasteiger partial charge in [0.05, 0.1) is 7.11 Å². The molecule has 108 valence electrons. The Morgan fingerprint density at radius 2 is 1.71 bits per heavy atom. The minimum Gasteiger partial charge on any atom is -0.464 e. The van der Waals surface area contributed by atoms with Crippen molar-refractivity contribution in [1.29, 1.82) is 0 Å². The fraction of sp³-hybridized carbons (Fsp3) is 0.0769. The van der Waals surface area contributed by atoms with Gasteiger partial charge in [0.25, 0.3) is 5.43 Å². The van der Waals surface area contributed by atoms with Crippen LogP contribution >= 0.6 is 11.6 Å². The highest BCUT2D eigenvalue weighted by Crippen LogP contribution is 2.13. The van der Waals surface area contributed by atoms with Crippen LogP contribution in [0.25, 0.3) is 0 Å². The molecule has 0 bridgehead atoms. The lowest BCUT2D eigenvalue weighted by molar-refractivity contribution is 0.0589. The third-order valence-electron chi connectivity index (χ3n) is 2.71. The number of hydrogen-bond donors (Lipinski definition) is 2. The molecule has 2 N–H and O–H groups in total. The summed E-state index contributed by atoms with van der Waals surface area (Å²) in [5.41, 5.74) is -3.04. The zero-order chi connectivity index (χ0) is 15.6. The molecule has 0 unspecified atom stereocenters. The number of aromatic nitrogens is 2. The van der Waals surface area contributed by atoms with E-state index in [-0.39, 0.29) is 5.56 Å². The number of ether oxygens (including phenoxy) is 1. The third kappa shape index (κ3) is 2.77. The van der Waals surface area contributed by atoms with Crippen molar-refractivity contribution in [2.75, 3.05) is 7.11 Å². The van der Waals surface area contributed by atoms with Gasteiger partial charge in [-0.25, -0.2) is 4.79 Å². The summed E-state index contributed by atoms with van der Waals surface area (Å²) in [5.74, 6) is -1.72. The lowest BCUT2D eigenvalue weighted by atomic mass is 10.0. The molecule has 2 aromatic rings. The topological polar surface area (TPSA) is 109 Å². The van der Waals surface area contributed by atoms with E-state index in [4.69, 9.17) is 11.6 Å². The maximum Gasteiger partial charge on any atom is 0.356 e. The number of aromatic amines is 2. The van der Waals surface area contributed by atoms with Crippen molar-refractivity contribution >= 4 is 23.4 Å². The molecule has 0 aliphatic carbocycles. The molecule has 1 aromatic heterocycles. The van der Waals surface area contributed by atoms with Crippen LogP contribution in [0.1, 0.15) is 26.4 Å². The molecule has 21 heavy (non-hydrogen) atoms. The van der Waals surface area contributed by atoms with Crippen LogP contribution < -0.4 is 11.0 Å². The summed E-state index contributed by atoms with van der Waals surface area (Å²) in [6, 6.07) is 5.67. The van der Waals surface area contributed by atoms with Crippen molar-refractivity contribution in [3.63, 3.8) is 0 Å². The van der Waals surface area contributed by atoms with Gasteiger partial charge in [0.2, 0.25) is 0 Å². The molecule has 0 saturated heterocycles. The van der Waals surface area contributed by atoms with E-state index in [0.717, 1.165) is 7.11 Å². The number of carbonyl (C=O) groups excluding carboxylic acids is 2. The standard InChI is InChI=1S/C13H9ClN2O5/c1-21-13(20)9-8(11(18)12(19)16-15-9)10(17)6-2-4-7(14)5-3-6/h2-5H,1H3,(H,15,18)(H,16,19). The predicted molar refractivity (Wildman–Crippen MR) is 73.9 cm³/mol. The minimum absolute atomic E-state index is 0.112. The van der Waals surface area contributed by atoms with Crippen molar-refractivity contribution in [2.24, 2.45) is 0 Å². The second-order valence-corrected chi connectivity index (χ2v) is 4.42. The molecule has 8 heteroatoms. The summed E-state index contributed by atoms with van der Waals surface area (Å²) in [6.45, 7) is 0. The number of rotatable bonds is 3. The molecule has 0 fully saturated rings. The Morgan fingerprint density at radius 3 is 2.29 bits per heavy atom. The van der Waals surface area contributed by atoms with Crippen LogP contribution in [0.2, 0.25) is 5.02 Å². The summed E-state index contributed by atoms with van der Waals surface area (Å²) in [6.07, 6.45) is 0. The van der Waals surface area contributed by atoms with E-state index in [1.165, 1.54) is 24.3 Å². The fourth-order valence-electron chi connectivity index (χ4n) is 1.68. The largest absolute Gasteiger partial charge is 0.464 e. The van der Waals surface area contributed by atoms with Crippen LogP contribution in [-0.4, -0.2) is 29.1 Å². The minimum atomic E-state index is -1.12. The number of hydrogen-bond acceptors (Lipinski definition) is 5. The highest BCUT2D eigenvalue weighted by atomic mass is 35.5. The fourth-order valence-corrected chi connectivity index (χ4v) is 1.81.